The fourth-order valence-electron chi connectivity index (χ4n) is 4.10. The van der Waals surface area contributed by atoms with E-state index in [0.29, 0.717) is 0 Å². The van der Waals surface area contributed by atoms with Crippen LogP contribution in [0.5, 0.6) is 0 Å². The lowest BCUT2D eigenvalue weighted by molar-refractivity contribution is -0.321. The van der Waals surface area contributed by atoms with Crippen LogP contribution in [0, 0.1) is 11.8 Å². The number of carboxylic acids is 1. The topological polar surface area (TPSA) is 204 Å². The van der Waals surface area contributed by atoms with Gasteiger partial charge in [-0.3, -0.25) is 4.79 Å². The molecule has 11 atom stereocenters. The van der Waals surface area contributed by atoms with Crippen LogP contribution in [-0.4, -0.2) is 104 Å². The van der Waals surface area contributed by atoms with Crippen LogP contribution in [0.25, 0.3) is 0 Å². The van der Waals surface area contributed by atoms with Crippen LogP contribution in [0.2, 0.25) is 0 Å². The smallest absolute Gasteiger partial charge is 0.335 e. The van der Waals surface area contributed by atoms with Gasteiger partial charge in [-0.15, -0.1) is 0 Å². The molecule has 0 spiro atoms. The first kappa shape index (κ1) is 26.0. The number of aliphatic hydroxyl groups is 3. The van der Waals surface area contributed by atoms with E-state index in [9.17, 15) is 38.8 Å². The van der Waals surface area contributed by atoms with Crippen molar-refractivity contribution in [2.45, 2.75) is 69.2 Å². The summed E-state index contributed by atoms with van der Waals surface area (Å²) in [5.41, 5.74) is 0. The molecule has 0 aromatic rings. The van der Waals surface area contributed by atoms with Crippen LogP contribution >= 0.6 is 0 Å². The van der Waals surface area contributed by atoms with Gasteiger partial charge in [0.25, 0.3) is 0 Å². The van der Waals surface area contributed by atoms with Gasteiger partial charge < -0.3 is 48.7 Å². The standard InChI is InChI=1S/C17H29NO12S/c1-6-4-8(5-28-31(25)26)13(10(20)9(6)18-7(2)19)29-17-12(22)11(21)14(27-3)15(30-17)16(23)24/h6,8-15,17,20-22H,4-5H2,1-3H3,(H,18,19)(H,23,24)(H,25,26)/p-1/t6-,8-,9+,10-,11-,12-,13+,14+,15+,17-/m1/s1. The molecule has 1 unspecified atom stereocenters. The summed E-state index contributed by atoms with van der Waals surface area (Å²) in [6.07, 6.45) is -10.5. The summed E-state index contributed by atoms with van der Waals surface area (Å²) in [6.45, 7) is 2.63. The lowest BCUT2D eigenvalue weighted by atomic mass is 9.75. The number of rotatable bonds is 8. The Morgan fingerprint density at radius 1 is 1.19 bits per heavy atom. The largest absolute Gasteiger partial charge is 0.750 e. The number of aliphatic carboxylic acids is 1. The zero-order valence-electron chi connectivity index (χ0n) is 17.2. The molecule has 2 rings (SSSR count). The molecular formula is C17H28NO12S-. The van der Waals surface area contributed by atoms with E-state index in [-0.39, 0.29) is 18.9 Å². The molecule has 0 aromatic carbocycles. The maximum Gasteiger partial charge on any atom is 0.335 e. The molecule has 1 aliphatic heterocycles. The second-order valence-electron chi connectivity index (χ2n) is 7.72. The molecule has 2 aliphatic rings. The van der Waals surface area contributed by atoms with E-state index < -0.39 is 78.1 Å². The molecule has 1 aliphatic carbocycles. The Bertz CT molecular complexity index is 663. The average Bonchev–Trinajstić information content (AvgIpc) is 2.68. The highest BCUT2D eigenvalue weighted by Crippen LogP contribution is 2.35. The summed E-state index contributed by atoms with van der Waals surface area (Å²) in [6, 6.07) is -0.774. The van der Waals surface area contributed by atoms with Crippen molar-refractivity contribution in [2.75, 3.05) is 13.7 Å². The molecule has 0 aromatic heterocycles. The molecule has 1 saturated heterocycles. The Morgan fingerprint density at radius 2 is 1.84 bits per heavy atom. The van der Waals surface area contributed by atoms with Crippen molar-refractivity contribution < 1.29 is 57.2 Å². The Labute approximate surface area is 181 Å². The third-order valence-electron chi connectivity index (χ3n) is 5.56. The van der Waals surface area contributed by atoms with Crippen LogP contribution in [0.15, 0.2) is 0 Å². The number of ether oxygens (including phenoxy) is 3. The Hall–Kier alpha value is -1.23. The van der Waals surface area contributed by atoms with Gasteiger partial charge >= 0.3 is 5.97 Å². The van der Waals surface area contributed by atoms with Gasteiger partial charge in [-0.05, 0) is 12.3 Å². The predicted octanol–water partition coefficient (Wildman–Crippen LogP) is -2.75. The number of carbonyl (C=O) groups is 2. The summed E-state index contributed by atoms with van der Waals surface area (Å²) in [5.74, 6) is -2.89. The number of methoxy groups -OCH3 is 1. The number of carboxylic acid groups (broad SMARTS) is 1. The number of aliphatic hydroxyl groups excluding tert-OH is 3. The van der Waals surface area contributed by atoms with Gasteiger partial charge in [0.05, 0.1) is 30.1 Å². The van der Waals surface area contributed by atoms with Crippen LogP contribution in [0.3, 0.4) is 0 Å². The molecule has 0 bridgehead atoms. The Balaban J connectivity index is 2.27. The van der Waals surface area contributed by atoms with Gasteiger partial charge in [0, 0.05) is 20.0 Å². The number of hydrogen-bond acceptors (Lipinski definition) is 11. The number of nitrogens with one attached hydrogen (secondary N) is 1. The molecule has 1 saturated carbocycles. The van der Waals surface area contributed by atoms with E-state index in [4.69, 9.17) is 14.2 Å². The first-order valence-electron chi connectivity index (χ1n) is 9.58. The molecule has 0 radical (unpaired) electrons. The van der Waals surface area contributed by atoms with Crippen molar-refractivity contribution in [3.8, 4) is 0 Å². The molecule has 1 heterocycles. The number of hydrogen-bond donors (Lipinski definition) is 5. The van der Waals surface area contributed by atoms with Gasteiger partial charge in [-0.25, -0.2) is 9.00 Å². The summed E-state index contributed by atoms with van der Waals surface area (Å²) >= 11 is -2.83. The molecule has 1 amide bonds. The van der Waals surface area contributed by atoms with Gasteiger partial charge in [0.1, 0.15) is 24.4 Å². The third kappa shape index (κ3) is 6.18. The number of amides is 1. The zero-order chi connectivity index (χ0) is 23.5. The predicted molar refractivity (Wildman–Crippen MR) is 99.7 cm³/mol. The molecule has 13 nitrogen and oxygen atoms in total. The second kappa shape index (κ2) is 11.1. The normalized spacial score (nSPS) is 42.0. The fourth-order valence-corrected chi connectivity index (χ4v) is 4.39. The van der Waals surface area contributed by atoms with Gasteiger partial charge in [0.15, 0.2) is 12.4 Å². The minimum atomic E-state index is -2.83. The van der Waals surface area contributed by atoms with Crippen molar-refractivity contribution in [2.24, 2.45) is 11.8 Å². The quantitative estimate of drug-likeness (QED) is 0.229. The average molecular weight is 470 g/mol. The van der Waals surface area contributed by atoms with Crippen molar-refractivity contribution in [1.29, 1.82) is 0 Å². The van der Waals surface area contributed by atoms with Gasteiger partial charge in [-0.2, -0.15) is 0 Å². The molecule has 2 fully saturated rings. The second-order valence-corrected chi connectivity index (χ2v) is 8.37. The summed E-state index contributed by atoms with van der Waals surface area (Å²) in [5, 5.41) is 43.4. The third-order valence-corrected chi connectivity index (χ3v) is 5.88. The van der Waals surface area contributed by atoms with Crippen LogP contribution in [0.1, 0.15) is 20.3 Å². The first-order chi connectivity index (χ1) is 14.5. The summed E-state index contributed by atoms with van der Waals surface area (Å²) in [4.78, 5) is 23.0. The minimum absolute atomic E-state index is 0.262. The highest BCUT2D eigenvalue weighted by atomic mass is 32.2. The van der Waals surface area contributed by atoms with Crippen molar-refractivity contribution in [3.63, 3.8) is 0 Å². The van der Waals surface area contributed by atoms with Crippen molar-refractivity contribution in [1.82, 2.24) is 5.32 Å². The minimum Gasteiger partial charge on any atom is -0.750 e. The van der Waals surface area contributed by atoms with Gasteiger partial charge in [0.2, 0.25) is 5.91 Å². The van der Waals surface area contributed by atoms with E-state index >= 15 is 0 Å². The highest BCUT2D eigenvalue weighted by molar-refractivity contribution is 7.74. The molecule has 31 heavy (non-hydrogen) atoms. The van der Waals surface area contributed by atoms with E-state index in [1.54, 1.807) is 6.92 Å². The lowest BCUT2D eigenvalue weighted by Crippen LogP contribution is -2.64. The van der Waals surface area contributed by atoms with Gasteiger partial charge in [-0.1, -0.05) is 6.92 Å². The molecular weight excluding hydrogens is 442 g/mol. The first-order valence-corrected chi connectivity index (χ1v) is 10.6. The van der Waals surface area contributed by atoms with Crippen LogP contribution < -0.4 is 5.32 Å². The van der Waals surface area contributed by atoms with Crippen LogP contribution in [0.4, 0.5) is 0 Å². The maximum atomic E-state index is 11.5. The summed E-state index contributed by atoms with van der Waals surface area (Å²) < 4.78 is 42.2. The highest BCUT2D eigenvalue weighted by Gasteiger charge is 2.52. The van der Waals surface area contributed by atoms with E-state index in [1.807, 2.05) is 0 Å². The lowest BCUT2D eigenvalue weighted by Gasteiger charge is -2.47. The monoisotopic (exact) mass is 470 g/mol. The van der Waals surface area contributed by atoms with E-state index in [2.05, 4.69) is 9.50 Å². The molecule has 14 heteroatoms. The Morgan fingerprint density at radius 3 is 2.35 bits per heavy atom. The van der Waals surface area contributed by atoms with Crippen molar-refractivity contribution in [3.05, 3.63) is 0 Å². The number of carbonyl (C=O) groups excluding carboxylic acids is 1. The molecule has 5 N–H and O–H groups in total. The Kier molecular flexibility index (Phi) is 9.29. The zero-order valence-corrected chi connectivity index (χ0v) is 18.0. The van der Waals surface area contributed by atoms with Crippen LogP contribution in [-0.2, 0) is 39.3 Å². The maximum absolute atomic E-state index is 11.5. The SMILES string of the molecule is CO[C@H]1[C@H](O)[C@@H](O)[C@H](O[C@H]2[C@@H](COS(=O)[O-])C[C@@H](C)[C@H](NC(C)=O)[C@H]2O)O[C@@H]1C(=O)O. The van der Waals surface area contributed by atoms with E-state index in [0.717, 1.165) is 7.11 Å². The van der Waals surface area contributed by atoms with Crippen molar-refractivity contribution >= 4 is 23.2 Å². The fraction of sp³-hybridized carbons (Fsp3) is 0.882. The summed E-state index contributed by atoms with van der Waals surface area (Å²) in [7, 11) is 1.14. The van der Waals surface area contributed by atoms with E-state index in [1.165, 1.54) is 6.92 Å². The molecule has 180 valence electrons.